The first kappa shape index (κ1) is 17.5. The zero-order valence-electron chi connectivity index (χ0n) is 15.2. The van der Waals surface area contributed by atoms with Crippen molar-refractivity contribution < 1.29 is 9.53 Å². The van der Waals surface area contributed by atoms with E-state index in [1.54, 1.807) is 13.3 Å². The Hall–Kier alpha value is -2.37. The zero-order valence-corrected chi connectivity index (χ0v) is 15.2. The predicted octanol–water partition coefficient (Wildman–Crippen LogP) is 2.33. The first-order valence-electron chi connectivity index (χ1n) is 8.90. The first-order valence-corrected chi connectivity index (χ1v) is 8.90. The summed E-state index contributed by atoms with van der Waals surface area (Å²) in [6, 6.07) is 6.02. The fraction of sp³-hybridized carbons (Fsp3) is 0.526. The van der Waals surface area contributed by atoms with Gasteiger partial charge in [-0.2, -0.15) is 5.10 Å². The zero-order chi connectivity index (χ0) is 17.8. The average Bonchev–Trinajstić information content (AvgIpc) is 3.01. The first-order chi connectivity index (χ1) is 12.1. The Morgan fingerprint density at radius 3 is 2.64 bits per heavy atom. The van der Waals surface area contributed by atoms with Gasteiger partial charge in [-0.15, -0.1) is 0 Å². The van der Waals surface area contributed by atoms with Crippen molar-refractivity contribution in [3.05, 3.63) is 41.5 Å². The molecule has 1 fully saturated rings. The molecule has 1 saturated heterocycles. The van der Waals surface area contributed by atoms with Crippen LogP contribution in [0.1, 0.15) is 42.8 Å². The molecule has 1 aliphatic rings. The molecule has 3 heterocycles. The van der Waals surface area contributed by atoms with E-state index in [4.69, 9.17) is 4.74 Å². The van der Waals surface area contributed by atoms with Gasteiger partial charge in [0.05, 0.1) is 25.4 Å². The SMILES string of the molecule is CCc1cc(CC(=O)N2CCC(c3ccc(OC)cn3)CC2)n(C)n1. The monoisotopic (exact) mass is 342 g/mol. The molecule has 0 atom stereocenters. The normalized spacial score (nSPS) is 15.4. The Morgan fingerprint density at radius 1 is 1.32 bits per heavy atom. The van der Waals surface area contributed by atoms with Gasteiger partial charge in [0.2, 0.25) is 5.91 Å². The van der Waals surface area contributed by atoms with E-state index in [9.17, 15) is 4.79 Å². The number of nitrogens with zero attached hydrogens (tertiary/aromatic N) is 4. The summed E-state index contributed by atoms with van der Waals surface area (Å²) in [6.07, 6.45) is 4.99. The van der Waals surface area contributed by atoms with Gasteiger partial charge in [0.1, 0.15) is 5.75 Å². The number of aromatic nitrogens is 3. The van der Waals surface area contributed by atoms with Crippen molar-refractivity contribution in [1.82, 2.24) is 19.7 Å². The van der Waals surface area contributed by atoms with E-state index >= 15 is 0 Å². The van der Waals surface area contributed by atoms with Gasteiger partial charge in [-0.25, -0.2) is 0 Å². The number of methoxy groups -OCH3 is 1. The van der Waals surface area contributed by atoms with E-state index < -0.39 is 0 Å². The fourth-order valence-corrected chi connectivity index (χ4v) is 3.36. The number of amides is 1. The van der Waals surface area contributed by atoms with Crippen LogP contribution in [0.25, 0.3) is 0 Å². The molecule has 0 aliphatic carbocycles. The van der Waals surface area contributed by atoms with Crippen molar-refractivity contribution in [1.29, 1.82) is 0 Å². The molecule has 2 aromatic rings. The van der Waals surface area contributed by atoms with Crippen molar-refractivity contribution in [2.24, 2.45) is 7.05 Å². The molecule has 0 radical (unpaired) electrons. The minimum Gasteiger partial charge on any atom is -0.495 e. The Morgan fingerprint density at radius 2 is 2.08 bits per heavy atom. The smallest absolute Gasteiger partial charge is 0.228 e. The molecule has 2 aromatic heterocycles. The second-order valence-electron chi connectivity index (χ2n) is 6.56. The molecule has 6 heteroatoms. The van der Waals surface area contributed by atoms with Gasteiger partial charge >= 0.3 is 0 Å². The van der Waals surface area contributed by atoms with Crippen molar-refractivity contribution in [3.63, 3.8) is 0 Å². The van der Waals surface area contributed by atoms with Gasteiger partial charge < -0.3 is 9.64 Å². The van der Waals surface area contributed by atoms with Crippen LogP contribution in [-0.2, 0) is 24.7 Å². The average molecular weight is 342 g/mol. The van der Waals surface area contributed by atoms with Crippen molar-refractivity contribution in [2.45, 2.75) is 38.5 Å². The molecule has 0 spiro atoms. The van der Waals surface area contributed by atoms with Crippen LogP contribution in [0.3, 0.4) is 0 Å². The van der Waals surface area contributed by atoms with Crippen LogP contribution >= 0.6 is 0 Å². The number of aryl methyl sites for hydroxylation is 2. The maximum atomic E-state index is 12.6. The lowest BCUT2D eigenvalue weighted by Gasteiger charge is -2.31. The second-order valence-corrected chi connectivity index (χ2v) is 6.56. The molecule has 1 amide bonds. The summed E-state index contributed by atoms with van der Waals surface area (Å²) < 4.78 is 6.98. The number of ether oxygens (including phenoxy) is 1. The summed E-state index contributed by atoms with van der Waals surface area (Å²) in [5, 5.41) is 4.42. The third kappa shape index (κ3) is 4.00. The Balaban J connectivity index is 1.55. The highest BCUT2D eigenvalue weighted by molar-refractivity contribution is 5.78. The Labute approximate surface area is 148 Å². The van der Waals surface area contributed by atoms with Crippen molar-refractivity contribution in [3.8, 4) is 5.75 Å². The highest BCUT2D eigenvalue weighted by Gasteiger charge is 2.25. The van der Waals surface area contributed by atoms with Crippen LogP contribution in [0.2, 0.25) is 0 Å². The molecular weight excluding hydrogens is 316 g/mol. The summed E-state index contributed by atoms with van der Waals surface area (Å²) in [5.74, 6) is 1.38. The number of carbonyl (C=O) groups excluding carboxylic acids is 1. The van der Waals surface area contributed by atoms with E-state index in [0.717, 1.165) is 55.2 Å². The molecule has 0 aromatic carbocycles. The second kappa shape index (κ2) is 7.68. The standard InChI is InChI=1S/C19H26N4O2/c1-4-15-11-16(22(2)21-15)12-19(24)23-9-7-14(8-10-23)18-6-5-17(25-3)13-20-18/h5-6,11,13-14H,4,7-10,12H2,1-3H3. The fourth-order valence-electron chi connectivity index (χ4n) is 3.36. The lowest BCUT2D eigenvalue weighted by Crippen LogP contribution is -2.39. The van der Waals surface area contributed by atoms with Crippen LogP contribution in [-0.4, -0.2) is 45.8 Å². The van der Waals surface area contributed by atoms with Crippen LogP contribution in [0.15, 0.2) is 24.4 Å². The number of pyridine rings is 1. The highest BCUT2D eigenvalue weighted by Crippen LogP contribution is 2.27. The number of hydrogen-bond acceptors (Lipinski definition) is 4. The van der Waals surface area contributed by atoms with Crippen LogP contribution in [0.5, 0.6) is 5.75 Å². The molecule has 0 bridgehead atoms. The van der Waals surface area contributed by atoms with Gasteiger partial charge in [-0.1, -0.05) is 6.92 Å². The third-order valence-corrected chi connectivity index (χ3v) is 4.98. The predicted molar refractivity (Wildman–Crippen MR) is 95.6 cm³/mol. The van der Waals surface area contributed by atoms with Gasteiger partial charge in [-0.3, -0.25) is 14.5 Å². The number of hydrogen-bond donors (Lipinski definition) is 0. The van der Waals surface area contributed by atoms with E-state index in [1.807, 2.05) is 34.8 Å². The van der Waals surface area contributed by atoms with Crippen molar-refractivity contribution in [2.75, 3.05) is 20.2 Å². The largest absolute Gasteiger partial charge is 0.495 e. The minimum absolute atomic E-state index is 0.187. The summed E-state index contributed by atoms with van der Waals surface area (Å²) >= 11 is 0. The summed E-state index contributed by atoms with van der Waals surface area (Å²) in [4.78, 5) is 19.1. The van der Waals surface area contributed by atoms with Crippen LogP contribution in [0.4, 0.5) is 0 Å². The van der Waals surface area contributed by atoms with Gasteiger partial charge in [0, 0.05) is 37.4 Å². The number of piperidine rings is 1. The molecule has 134 valence electrons. The van der Waals surface area contributed by atoms with E-state index in [2.05, 4.69) is 17.0 Å². The molecular formula is C19H26N4O2. The summed E-state index contributed by atoms with van der Waals surface area (Å²) in [6.45, 7) is 3.65. The Kier molecular flexibility index (Phi) is 5.36. The molecule has 0 unspecified atom stereocenters. The molecule has 25 heavy (non-hydrogen) atoms. The minimum atomic E-state index is 0.187. The van der Waals surface area contributed by atoms with E-state index in [0.29, 0.717) is 12.3 Å². The third-order valence-electron chi connectivity index (χ3n) is 4.98. The van der Waals surface area contributed by atoms with Crippen molar-refractivity contribution >= 4 is 5.91 Å². The maximum absolute atomic E-state index is 12.6. The topological polar surface area (TPSA) is 60.3 Å². The van der Waals surface area contributed by atoms with E-state index in [-0.39, 0.29) is 5.91 Å². The van der Waals surface area contributed by atoms with Gasteiger partial charge in [0.15, 0.2) is 0 Å². The van der Waals surface area contributed by atoms with Crippen LogP contribution in [0, 0.1) is 0 Å². The molecule has 6 nitrogen and oxygen atoms in total. The van der Waals surface area contributed by atoms with Gasteiger partial charge in [-0.05, 0) is 37.5 Å². The number of rotatable bonds is 5. The molecule has 0 N–H and O–H groups in total. The number of likely N-dealkylation sites (tertiary alicyclic amines) is 1. The maximum Gasteiger partial charge on any atom is 0.228 e. The molecule has 3 rings (SSSR count). The summed E-state index contributed by atoms with van der Waals surface area (Å²) in [5.41, 5.74) is 3.11. The van der Waals surface area contributed by atoms with Gasteiger partial charge in [0.25, 0.3) is 0 Å². The quantitative estimate of drug-likeness (QED) is 0.837. The Bertz CT molecular complexity index is 716. The summed E-state index contributed by atoms with van der Waals surface area (Å²) in [7, 11) is 3.55. The lowest BCUT2D eigenvalue weighted by atomic mass is 9.93. The number of carbonyl (C=O) groups is 1. The van der Waals surface area contributed by atoms with E-state index in [1.165, 1.54) is 0 Å². The molecule has 0 saturated carbocycles. The van der Waals surface area contributed by atoms with Crippen LogP contribution < -0.4 is 4.74 Å². The highest BCUT2D eigenvalue weighted by atomic mass is 16.5. The lowest BCUT2D eigenvalue weighted by molar-refractivity contribution is -0.131. The molecule has 1 aliphatic heterocycles.